The van der Waals surface area contributed by atoms with E-state index >= 15 is 0 Å². The fourth-order valence-electron chi connectivity index (χ4n) is 1.94. The van der Waals surface area contributed by atoms with E-state index in [0.717, 1.165) is 32.6 Å². The van der Waals surface area contributed by atoms with Gasteiger partial charge in [-0.15, -0.1) is 0 Å². The topological polar surface area (TPSA) is 38.2 Å². The molecule has 1 saturated heterocycles. The molecule has 0 radical (unpaired) electrons. The van der Waals surface area contributed by atoms with Gasteiger partial charge in [-0.3, -0.25) is 0 Å². The van der Waals surface area contributed by atoms with Gasteiger partial charge in [-0.1, -0.05) is 0 Å². The summed E-state index contributed by atoms with van der Waals surface area (Å²) in [6.45, 7) is 2.55. The Morgan fingerprint density at radius 3 is 2.88 bits per heavy atom. The van der Waals surface area contributed by atoms with Crippen LogP contribution in [0.1, 0.15) is 12.8 Å². The van der Waals surface area contributed by atoms with Gasteiger partial charge in [-0.25, -0.2) is 9.97 Å². The van der Waals surface area contributed by atoms with Crippen LogP contribution in [0.3, 0.4) is 0 Å². The molecule has 1 fully saturated rings. The van der Waals surface area contributed by atoms with Gasteiger partial charge in [0.2, 0.25) is 5.95 Å². The molecule has 0 N–H and O–H groups in total. The standard InChI is InChI=1S/C11H16FN3O/c1-15(7-9-2-4-16-5-3-9)11-6-10(12)13-8-14-11/h6,8-9H,2-5,7H2,1H3. The Morgan fingerprint density at radius 1 is 1.44 bits per heavy atom. The molecular weight excluding hydrogens is 209 g/mol. The molecule has 1 aromatic heterocycles. The summed E-state index contributed by atoms with van der Waals surface area (Å²) >= 11 is 0. The predicted octanol–water partition coefficient (Wildman–Crippen LogP) is 1.48. The number of rotatable bonds is 3. The molecule has 0 saturated carbocycles. The summed E-state index contributed by atoms with van der Waals surface area (Å²) in [6, 6.07) is 1.36. The first kappa shape index (κ1) is 11.3. The highest BCUT2D eigenvalue weighted by atomic mass is 19.1. The van der Waals surface area contributed by atoms with Crippen molar-refractivity contribution in [2.24, 2.45) is 5.92 Å². The molecule has 88 valence electrons. The highest BCUT2D eigenvalue weighted by Crippen LogP contribution is 2.18. The summed E-state index contributed by atoms with van der Waals surface area (Å²) in [7, 11) is 1.93. The van der Waals surface area contributed by atoms with Crippen molar-refractivity contribution in [2.75, 3.05) is 31.7 Å². The van der Waals surface area contributed by atoms with Gasteiger partial charge in [0.05, 0.1) is 0 Å². The number of hydrogen-bond donors (Lipinski definition) is 0. The van der Waals surface area contributed by atoms with Gasteiger partial charge in [-0.05, 0) is 18.8 Å². The van der Waals surface area contributed by atoms with Gasteiger partial charge < -0.3 is 9.64 Å². The van der Waals surface area contributed by atoms with E-state index < -0.39 is 5.95 Å². The van der Waals surface area contributed by atoms with Crippen LogP contribution in [0.5, 0.6) is 0 Å². The van der Waals surface area contributed by atoms with Crippen molar-refractivity contribution in [1.82, 2.24) is 9.97 Å². The molecule has 1 aromatic rings. The molecule has 0 spiro atoms. The molecule has 4 nitrogen and oxygen atoms in total. The van der Waals surface area contributed by atoms with Crippen LogP contribution >= 0.6 is 0 Å². The van der Waals surface area contributed by atoms with E-state index in [-0.39, 0.29) is 0 Å². The second-order valence-corrected chi connectivity index (χ2v) is 4.14. The van der Waals surface area contributed by atoms with Gasteiger partial charge in [-0.2, -0.15) is 4.39 Å². The summed E-state index contributed by atoms with van der Waals surface area (Å²) in [5, 5.41) is 0. The van der Waals surface area contributed by atoms with E-state index in [1.54, 1.807) is 0 Å². The van der Waals surface area contributed by atoms with Gasteiger partial charge in [0.1, 0.15) is 12.1 Å². The Labute approximate surface area is 94.5 Å². The second-order valence-electron chi connectivity index (χ2n) is 4.14. The van der Waals surface area contributed by atoms with Crippen molar-refractivity contribution >= 4 is 5.82 Å². The number of nitrogens with zero attached hydrogens (tertiary/aromatic N) is 3. The zero-order valence-corrected chi connectivity index (χ0v) is 9.40. The molecule has 0 unspecified atom stereocenters. The van der Waals surface area contributed by atoms with Crippen LogP contribution in [0.25, 0.3) is 0 Å². The zero-order chi connectivity index (χ0) is 11.4. The largest absolute Gasteiger partial charge is 0.381 e. The maximum Gasteiger partial charge on any atom is 0.218 e. The average molecular weight is 225 g/mol. The highest BCUT2D eigenvalue weighted by molar-refractivity contribution is 5.35. The summed E-state index contributed by atoms with van der Waals surface area (Å²) in [6.07, 6.45) is 3.39. The second kappa shape index (κ2) is 5.21. The summed E-state index contributed by atoms with van der Waals surface area (Å²) in [5.74, 6) is 0.764. The minimum atomic E-state index is -0.483. The number of hydrogen-bond acceptors (Lipinski definition) is 4. The van der Waals surface area contributed by atoms with Gasteiger partial charge in [0.15, 0.2) is 0 Å². The average Bonchev–Trinajstić information content (AvgIpc) is 2.30. The lowest BCUT2D eigenvalue weighted by molar-refractivity contribution is 0.0685. The third kappa shape index (κ3) is 2.88. The Bertz CT molecular complexity index is 342. The molecule has 0 aromatic carbocycles. The maximum atomic E-state index is 12.9. The lowest BCUT2D eigenvalue weighted by atomic mass is 10.00. The number of anilines is 1. The Hall–Kier alpha value is -1.23. The SMILES string of the molecule is CN(CC1CCOCC1)c1cc(F)ncn1. The minimum Gasteiger partial charge on any atom is -0.381 e. The van der Waals surface area contributed by atoms with E-state index in [0.29, 0.717) is 11.7 Å². The molecule has 0 aliphatic carbocycles. The fraction of sp³-hybridized carbons (Fsp3) is 0.636. The van der Waals surface area contributed by atoms with E-state index in [9.17, 15) is 4.39 Å². The smallest absolute Gasteiger partial charge is 0.218 e. The summed E-state index contributed by atoms with van der Waals surface area (Å²) in [4.78, 5) is 9.47. The Balaban J connectivity index is 1.94. The molecular formula is C11H16FN3O. The zero-order valence-electron chi connectivity index (χ0n) is 9.40. The first-order chi connectivity index (χ1) is 7.75. The lowest BCUT2D eigenvalue weighted by Crippen LogP contribution is -2.30. The fourth-order valence-corrected chi connectivity index (χ4v) is 1.94. The molecule has 0 amide bonds. The van der Waals surface area contributed by atoms with Crippen molar-refractivity contribution in [3.05, 3.63) is 18.3 Å². The molecule has 16 heavy (non-hydrogen) atoms. The minimum absolute atomic E-state index is 0.483. The number of aromatic nitrogens is 2. The molecule has 1 aliphatic rings. The predicted molar refractivity (Wildman–Crippen MR) is 58.8 cm³/mol. The number of ether oxygens (including phenoxy) is 1. The van der Waals surface area contributed by atoms with Gasteiger partial charge >= 0.3 is 0 Å². The highest BCUT2D eigenvalue weighted by Gasteiger charge is 2.16. The molecule has 0 atom stereocenters. The van der Waals surface area contributed by atoms with Crippen LogP contribution in [-0.2, 0) is 4.74 Å². The van der Waals surface area contributed by atoms with E-state index in [1.165, 1.54) is 12.4 Å². The van der Waals surface area contributed by atoms with Crippen LogP contribution in [0, 0.1) is 11.9 Å². The Kier molecular flexibility index (Phi) is 3.66. The third-order valence-electron chi connectivity index (χ3n) is 2.88. The molecule has 0 bridgehead atoms. The summed E-state index contributed by atoms with van der Waals surface area (Å²) < 4.78 is 18.2. The maximum absolute atomic E-state index is 12.9. The van der Waals surface area contributed by atoms with Crippen molar-refractivity contribution < 1.29 is 9.13 Å². The van der Waals surface area contributed by atoms with Crippen LogP contribution in [0.15, 0.2) is 12.4 Å². The van der Waals surface area contributed by atoms with E-state index in [1.807, 2.05) is 11.9 Å². The lowest BCUT2D eigenvalue weighted by Gasteiger charge is -2.27. The van der Waals surface area contributed by atoms with Crippen molar-refractivity contribution in [3.8, 4) is 0 Å². The number of halogens is 1. The first-order valence-electron chi connectivity index (χ1n) is 5.52. The van der Waals surface area contributed by atoms with Gasteiger partial charge in [0.25, 0.3) is 0 Å². The van der Waals surface area contributed by atoms with E-state index in [2.05, 4.69) is 9.97 Å². The summed E-state index contributed by atoms with van der Waals surface area (Å²) in [5.41, 5.74) is 0. The molecule has 2 heterocycles. The van der Waals surface area contributed by atoms with Crippen molar-refractivity contribution in [3.63, 3.8) is 0 Å². The first-order valence-corrected chi connectivity index (χ1v) is 5.52. The monoisotopic (exact) mass is 225 g/mol. The van der Waals surface area contributed by atoms with Gasteiger partial charge in [0, 0.05) is 32.9 Å². The Morgan fingerprint density at radius 2 is 2.19 bits per heavy atom. The van der Waals surface area contributed by atoms with E-state index in [4.69, 9.17) is 4.74 Å². The van der Waals surface area contributed by atoms with Crippen molar-refractivity contribution in [2.45, 2.75) is 12.8 Å². The van der Waals surface area contributed by atoms with Crippen LogP contribution in [0.2, 0.25) is 0 Å². The van der Waals surface area contributed by atoms with Crippen molar-refractivity contribution in [1.29, 1.82) is 0 Å². The normalized spacial score (nSPS) is 17.4. The molecule has 5 heteroatoms. The van der Waals surface area contributed by atoms with Crippen LogP contribution < -0.4 is 4.90 Å². The van der Waals surface area contributed by atoms with Crippen LogP contribution in [0.4, 0.5) is 10.2 Å². The van der Waals surface area contributed by atoms with Crippen LogP contribution in [-0.4, -0.2) is 36.8 Å². The molecule has 1 aliphatic heterocycles. The quantitative estimate of drug-likeness (QED) is 0.730. The molecule has 2 rings (SSSR count). The third-order valence-corrected chi connectivity index (χ3v) is 2.88.